The minimum Gasteiger partial charge on any atom is -0.339 e. The maximum absolute atomic E-state index is 14.6. The van der Waals surface area contributed by atoms with E-state index in [0.717, 1.165) is 11.3 Å². The largest absolute Gasteiger partial charge is 0.339 e. The highest BCUT2D eigenvalue weighted by molar-refractivity contribution is 7.92. The van der Waals surface area contributed by atoms with Crippen LogP contribution in [0, 0.1) is 11.6 Å². The third-order valence-electron chi connectivity index (χ3n) is 4.56. The van der Waals surface area contributed by atoms with Crippen molar-refractivity contribution in [2.75, 3.05) is 10.5 Å². The number of nitrogens with one attached hydrogen (secondary N) is 2. The van der Waals surface area contributed by atoms with Crippen molar-refractivity contribution in [3.63, 3.8) is 0 Å². The highest BCUT2D eigenvalue weighted by Crippen LogP contribution is 2.31. The Balaban J connectivity index is 1.73. The minimum absolute atomic E-state index is 0.0871. The van der Waals surface area contributed by atoms with Crippen LogP contribution < -0.4 is 4.72 Å². The third-order valence-corrected chi connectivity index (χ3v) is 6.04. The summed E-state index contributed by atoms with van der Waals surface area (Å²) in [6, 6.07) is 12.0. The average molecular weight is 428 g/mol. The van der Waals surface area contributed by atoms with Crippen LogP contribution in [-0.2, 0) is 10.0 Å². The Morgan fingerprint density at radius 1 is 1.00 bits per heavy atom. The van der Waals surface area contributed by atoms with E-state index < -0.39 is 15.8 Å². The van der Waals surface area contributed by atoms with Gasteiger partial charge in [0.1, 0.15) is 23.6 Å². The zero-order valence-corrected chi connectivity index (χ0v) is 16.8. The Morgan fingerprint density at radius 3 is 2.43 bits per heavy atom. The number of halogens is 2. The van der Waals surface area contributed by atoms with Gasteiger partial charge < -0.3 is 4.98 Å². The van der Waals surface area contributed by atoms with Crippen LogP contribution in [0.4, 0.5) is 14.5 Å². The van der Waals surface area contributed by atoms with E-state index >= 15 is 0 Å². The number of anilines is 1. The molecule has 9 heteroatoms. The second kappa shape index (κ2) is 7.83. The molecular formula is C21H18F2N4O2S. The number of nitrogens with zero attached hydrogens (tertiary/aromatic N) is 2. The SMILES string of the molecule is CCCS(=O)(=O)Nc1ccc(-c2ncnc3[nH]c(-c4ccc(F)cc4)cc23)cc1F. The van der Waals surface area contributed by atoms with Gasteiger partial charge >= 0.3 is 0 Å². The fourth-order valence-electron chi connectivity index (χ4n) is 3.19. The number of hydrogen-bond donors (Lipinski definition) is 2. The van der Waals surface area contributed by atoms with Crippen molar-refractivity contribution >= 4 is 26.7 Å². The van der Waals surface area contributed by atoms with E-state index in [1.807, 2.05) is 6.07 Å². The monoisotopic (exact) mass is 428 g/mol. The van der Waals surface area contributed by atoms with E-state index in [1.54, 1.807) is 25.1 Å². The smallest absolute Gasteiger partial charge is 0.232 e. The molecule has 0 unspecified atom stereocenters. The molecule has 4 rings (SSSR count). The topological polar surface area (TPSA) is 87.7 Å². The van der Waals surface area contributed by atoms with E-state index in [2.05, 4.69) is 19.7 Å². The molecule has 2 N–H and O–H groups in total. The summed E-state index contributed by atoms with van der Waals surface area (Å²) in [6.07, 6.45) is 1.79. The van der Waals surface area contributed by atoms with Crippen LogP contribution in [0.25, 0.3) is 33.5 Å². The first-order chi connectivity index (χ1) is 14.4. The van der Waals surface area contributed by atoms with Gasteiger partial charge in [-0.25, -0.2) is 27.2 Å². The normalized spacial score (nSPS) is 11.7. The van der Waals surface area contributed by atoms with Crippen molar-refractivity contribution in [1.29, 1.82) is 0 Å². The molecule has 2 aromatic carbocycles. The van der Waals surface area contributed by atoms with Gasteiger partial charge in [0.25, 0.3) is 0 Å². The van der Waals surface area contributed by atoms with Crippen LogP contribution in [0.1, 0.15) is 13.3 Å². The van der Waals surface area contributed by atoms with E-state index in [1.165, 1.54) is 30.6 Å². The van der Waals surface area contributed by atoms with Crippen molar-refractivity contribution in [2.45, 2.75) is 13.3 Å². The van der Waals surface area contributed by atoms with Gasteiger partial charge in [-0.15, -0.1) is 0 Å². The molecule has 0 aliphatic carbocycles. The molecule has 6 nitrogen and oxygen atoms in total. The lowest BCUT2D eigenvalue weighted by molar-refractivity contribution is 0.597. The zero-order valence-electron chi connectivity index (χ0n) is 16.0. The molecular weight excluding hydrogens is 410 g/mol. The molecule has 30 heavy (non-hydrogen) atoms. The van der Waals surface area contributed by atoms with E-state index in [4.69, 9.17) is 0 Å². The Kier molecular flexibility index (Phi) is 5.21. The summed E-state index contributed by atoms with van der Waals surface area (Å²) in [4.78, 5) is 11.6. The first kappa shape index (κ1) is 20.0. The predicted octanol–water partition coefficient (Wildman–Crippen LogP) is 4.72. The molecule has 0 saturated heterocycles. The lowest BCUT2D eigenvalue weighted by atomic mass is 10.1. The van der Waals surface area contributed by atoms with Crippen LogP contribution in [0.2, 0.25) is 0 Å². The van der Waals surface area contributed by atoms with Crippen molar-refractivity contribution in [3.8, 4) is 22.5 Å². The van der Waals surface area contributed by atoms with Crippen LogP contribution in [0.3, 0.4) is 0 Å². The third kappa shape index (κ3) is 4.02. The summed E-state index contributed by atoms with van der Waals surface area (Å²) in [5, 5.41) is 0.663. The number of rotatable bonds is 6. The number of aromatic amines is 1. The van der Waals surface area contributed by atoms with Gasteiger partial charge in [-0.3, -0.25) is 4.72 Å². The molecule has 0 radical (unpaired) electrons. The molecule has 0 atom stereocenters. The van der Waals surface area contributed by atoms with Crippen molar-refractivity contribution in [1.82, 2.24) is 15.0 Å². The van der Waals surface area contributed by atoms with Gasteiger partial charge in [-0.2, -0.15) is 0 Å². The molecule has 0 amide bonds. The zero-order chi connectivity index (χ0) is 21.3. The van der Waals surface area contributed by atoms with Gasteiger partial charge in [0.05, 0.1) is 17.1 Å². The molecule has 4 aromatic rings. The first-order valence-electron chi connectivity index (χ1n) is 9.26. The number of hydrogen-bond acceptors (Lipinski definition) is 4. The highest BCUT2D eigenvalue weighted by Gasteiger charge is 2.16. The molecule has 0 bridgehead atoms. The molecule has 154 valence electrons. The molecule has 0 aliphatic heterocycles. The van der Waals surface area contributed by atoms with Gasteiger partial charge in [-0.05, 0) is 54.4 Å². The summed E-state index contributed by atoms with van der Waals surface area (Å²) in [7, 11) is -3.60. The summed E-state index contributed by atoms with van der Waals surface area (Å²) in [6.45, 7) is 1.73. The maximum atomic E-state index is 14.6. The Bertz CT molecular complexity index is 1320. The number of fused-ring (bicyclic) bond motifs is 1. The molecule has 0 spiro atoms. The first-order valence-corrected chi connectivity index (χ1v) is 10.9. The van der Waals surface area contributed by atoms with Gasteiger partial charge in [0, 0.05) is 16.6 Å². The van der Waals surface area contributed by atoms with Crippen LogP contribution in [0.5, 0.6) is 0 Å². The minimum atomic E-state index is -3.60. The van der Waals surface area contributed by atoms with Crippen molar-refractivity contribution < 1.29 is 17.2 Å². The van der Waals surface area contributed by atoms with E-state index in [-0.39, 0.29) is 17.3 Å². The number of benzene rings is 2. The second-order valence-electron chi connectivity index (χ2n) is 6.79. The molecule has 0 fully saturated rings. The van der Waals surface area contributed by atoms with Crippen molar-refractivity contribution in [2.24, 2.45) is 0 Å². The maximum Gasteiger partial charge on any atom is 0.232 e. The Hall–Kier alpha value is -3.33. The summed E-state index contributed by atoms with van der Waals surface area (Å²) < 4.78 is 53.9. The molecule has 2 aromatic heterocycles. The Labute approximate surface area is 172 Å². The number of H-pyrrole nitrogens is 1. The van der Waals surface area contributed by atoms with E-state index in [9.17, 15) is 17.2 Å². The summed E-state index contributed by atoms with van der Waals surface area (Å²) in [5.74, 6) is -1.12. The van der Waals surface area contributed by atoms with Gasteiger partial charge in [-0.1, -0.05) is 13.0 Å². The molecule has 0 saturated carbocycles. The van der Waals surface area contributed by atoms with E-state index in [0.29, 0.717) is 28.7 Å². The van der Waals surface area contributed by atoms with Gasteiger partial charge in [0.15, 0.2) is 0 Å². The van der Waals surface area contributed by atoms with Crippen LogP contribution in [-0.4, -0.2) is 29.1 Å². The fraction of sp³-hybridized carbons (Fsp3) is 0.143. The second-order valence-corrected chi connectivity index (χ2v) is 8.63. The molecule has 0 aliphatic rings. The van der Waals surface area contributed by atoms with Crippen LogP contribution in [0.15, 0.2) is 54.9 Å². The quantitative estimate of drug-likeness (QED) is 0.465. The average Bonchev–Trinajstić information content (AvgIpc) is 3.14. The lowest BCUT2D eigenvalue weighted by Crippen LogP contribution is -2.16. The lowest BCUT2D eigenvalue weighted by Gasteiger charge is -2.09. The fourth-order valence-corrected chi connectivity index (χ4v) is 4.33. The molecule has 2 heterocycles. The summed E-state index contributed by atoms with van der Waals surface area (Å²) >= 11 is 0. The Morgan fingerprint density at radius 2 is 1.73 bits per heavy atom. The predicted molar refractivity (Wildman–Crippen MR) is 112 cm³/mol. The van der Waals surface area contributed by atoms with Gasteiger partial charge in [0.2, 0.25) is 10.0 Å². The number of sulfonamides is 1. The summed E-state index contributed by atoms with van der Waals surface area (Å²) in [5.41, 5.74) is 2.89. The highest BCUT2D eigenvalue weighted by atomic mass is 32.2. The van der Waals surface area contributed by atoms with Crippen molar-refractivity contribution in [3.05, 3.63) is 66.5 Å². The van der Waals surface area contributed by atoms with Crippen LogP contribution >= 0.6 is 0 Å². The number of aromatic nitrogens is 3. The standard InChI is InChI=1S/C21H18F2N4O2S/c1-2-9-30(28,29)27-18-8-5-14(10-17(18)23)20-16-11-19(26-21(16)25-12-24-20)13-3-6-15(22)7-4-13/h3-8,10-12,27H,2,9H2,1H3,(H,24,25,26).